The number of nitro benzene ring substituents is 1. The van der Waals surface area contributed by atoms with E-state index in [4.69, 9.17) is 9.78 Å². The summed E-state index contributed by atoms with van der Waals surface area (Å²) in [5.74, 6) is -3.82. The van der Waals surface area contributed by atoms with E-state index in [1.807, 2.05) is 0 Å². The maximum absolute atomic E-state index is 12.3. The Labute approximate surface area is 139 Å². The molecule has 0 aliphatic heterocycles. The standard InChI is InChI=1S/C14H10N4O7/c1-17(11-2-3-16-25-11)14(22)8(6-15)12(20)7-4-9(18(23)24)13(21)10(19)5-7/h2-5,19-21H,1H3/b12-8-. The number of hydrogen-bond donors (Lipinski definition) is 3. The van der Waals surface area contributed by atoms with Gasteiger partial charge in [-0.05, 0) is 6.07 Å². The summed E-state index contributed by atoms with van der Waals surface area (Å²) < 4.78 is 4.76. The van der Waals surface area contributed by atoms with E-state index in [-0.39, 0.29) is 5.88 Å². The van der Waals surface area contributed by atoms with E-state index in [1.165, 1.54) is 25.4 Å². The van der Waals surface area contributed by atoms with Crippen molar-refractivity contribution in [2.45, 2.75) is 0 Å². The van der Waals surface area contributed by atoms with Gasteiger partial charge in [-0.1, -0.05) is 5.16 Å². The molecule has 2 rings (SSSR count). The molecule has 128 valence electrons. The number of nitrogens with zero attached hydrogens (tertiary/aromatic N) is 4. The second-order valence-electron chi connectivity index (χ2n) is 4.67. The van der Waals surface area contributed by atoms with Gasteiger partial charge < -0.3 is 19.8 Å². The van der Waals surface area contributed by atoms with Crippen molar-refractivity contribution in [3.8, 4) is 17.6 Å². The number of nitriles is 1. The first-order chi connectivity index (χ1) is 11.8. The number of benzene rings is 1. The van der Waals surface area contributed by atoms with Gasteiger partial charge in [-0.15, -0.1) is 0 Å². The zero-order valence-corrected chi connectivity index (χ0v) is 12.6. The van der Waals surface area contributed by atoms with Gasteiger partial charge >= 0.3 is 5.69 Å². The number of anilines is 1. The minimum Gasteiger partial charge on any atom is -0.506 e. The first-order valence-electron chi connectivity index (χ1n) is 6.50. The summed E-state index contributed by atoms with van der Waals surface area (Å²) in [7, 11) is 1.25. The van der Waals surface area contributed by atoms with E-state index in [1.54, 1.807) is 0 Å². The second kappa shape index (κ2) is 6.59. The van der Waals surface area contributed by atoms with E-state index in [0.717, 1.165) is 11.0 Å². The Hall–Kier alpha value is -4.07. The van der Waals surface area contributed by atoms with Crippen molar-refractivity contribution in [1.82, 2.24) is 5.16 Å². The number of aliphatic hydroxyl groups excluding tert-OH is 1. The Morgan fingerprint density at radius 3 is 2.64 bits per heavy atom. The molecule has 11 nitrogen and oxygen atoms in total. The Balaban J connectivity index is 2.54. The molecule has 0 saturated heterocycles. The summed E-state index contributed by atoms with van der Waals surface area (Å²) in [6.07, 6.45) is 1.26. The number of phenolic OH excluding ortho intramolecular Hbond substituents is 2. The van der Waals surface area contributed by atoms with Crippen LogP contribution in [0.1, 0.15) is 5.56 Å². The van der Waals surface area contributed by atoms with Crippen molar-refractivity contribution in [2.75, 3.05) is 11.9 Å². The third-order valence-electron chi connectivity index (χ3n) is 3.16. The average Bonchev–Trinajstić information content (AvgIpc) is 3.11. The van der Waals surface area contributed by atoms with Crippen LogP contribution in [0.4, 0.5) is 11.6 Å². The molecule has 0 saturated carbocycles. The molecule has 1 heterocycles. The van der Waals surface area contributed by atoms with Crippen LogP contribution in [-0.2, 0) is 4.79 Å². The van der Waals surface area contributed by atoms with Gasteiger partial charge in [0.2, 0.25) is 11.6 Å². The number of aliphatic hydroxyl groups is 1. The van der Waals surface area contributed by atoms with Crippen molar-refractivity contribution in [3.63, 3.8) is 0 Å². The number of aromatic hydroxyl groups is 2. The predicted octanol–water partition coefficient (Wildman–Crippen LogP) is 1.45. The SMILES string of the molecule is CN(C(=O)/C(C#N)=C(\O)c1cc(O)c(O)c([N+](=O)[O-])c1)c1ccno1. The van der Waals surface area contributed by atoms with Crippen molar-refractivity contribution >= 4 is 23.2 Å². The van der Waals surface area contributed by atoms with E-state index < -0.39 is 44.9 Å². The van der Waals surface area contributed by atoms with Crippen LogP contribution in [0.25, 0.3) is 5.76 Å². The molecule has 2 aromatic rings. The van der Waals surface area contributed by atoms with Gasteiger partial charge in [-0.25, -0.2) is 0 Å². The maximum Gasteiger partial charge on any atom is 0.315 e. The summed E-state index contributed by atoms with van der Waals surface area (Å²) in [6, 6.07) is 4.31. The monoisotopic (exact) mass is 346 g/mol. The van der Waals surface area contributed by atoms with E-state index >= 15 is 0 Å². The minimum absolute atomic E-state index is 0.00918. The smallest absolute Gasteiger partial charge is 0.315 e. The van der Waals surface area contributed by atoms with Gasteiger partial charge in [0.05, 0.1) is 11.1 Å². The maximum atomic E-state index is 12.3. The van der Waals surface area contributed by atoms with Crippen LogP contribution < -0.4 is 4.90 Å². The van der Waals surface area contributed by atoms with E-state index in [0.29, 0.717) is 6.07 Å². The van der Waals surface area contributed by atoms with Gasteiger partial charge in [0, 0.05) is 24.7 Å². The molecule has 0 unspecified atom stereocenters. The van der Waals surface area contributed by atoms with Gasteiger partial charge in [0.15, 0.2) is 11.3 Å². The minimum atomic E-state index is -1.01. The summed E-state index contributed by atoms with van der Waals surface area (Å²) in [5, 5.41) is 52.6. The van der Waals surface area contributed by atoms with Gasteiger partial charge in [-0.2, -0.15) is 5.26 Å². The predicted molar refractivity (Wildman–Crippen MR) is 81.5 cm³/mol. The lowest BCUT2D eigenvalue weighted by Crippen LogP contribution is -2.27. The number of carbonyl (C=O) groups is 1. The summed E-state index contributed by atoms with van der Waals surface area (Å²) in [5.41, 5.74) is -2.08. The zero-order chi connectivity index (χ0) is 18.7. The van der Waals surface area contributed by atoms with Crippen LogP contribution in [0, 0.1) is 21.4 Å². The van der Waals surface area contributed by atoms with Crippen molar-refractivity contribution < 1.29 is 29.6 Å². The first-order valence-corrected chi connectivity index (χ1v) is 6.50. The van der Waals surface area contributed by atoms with Crippen molar-refractivity contribution in [2.24, 2.45) is 0 Å². The summed E-state index contributed by atoms with van der Waals surface area (Å²) in [6.45, 7) is 0. The molecule has 0 aliphatic rings. The van der Waals surface area contributed by atoms with Gasteiger partial charge in [0.25, 0.3) is 5.91 Å². The zero-order valence-electron chi connectivity index (χ0n) is 12.6. The number of phenols is 2. The van der Waals surface area contributed by atoms with E-state index in [9.17, 15) is 30.2 Å². The molecule has 0 spiro atoms. The highest BCUT2D eigenvalue weighted by molar-refractivity contribution is 6.11. The molecule has 0 fully saturated rings. The molecule has 0 bridgehead atoms. The molecular formula is C14H10N4O7. The number of amides is 1. The lowest BCUT2D eigenvalue weighted by Gasteiger charge is -2.13. The molecule has 11 heteroatoms. The fourth-order valence-electron chi connectivity index (χ4n) is 1.88. The Bertz CT molecular complexity index is 912. The molecule has 1 aromatic carbocycles. The number of rotatable bonds is 4. The highest BCUT2D eigenvalue weighted by Gasteiger charge is 2.26. The van der Waals surface area contributed by atoms with Crippen LogP contribution in [0.3, 0.4) is 0 Å². The molecule has 1 amide bonds. The number of nitro groups is 1. The van der Waals surface area contributed by atoms with Crippen LogP contribution in [0.15, 0.2) is 34.5 Å². The molecule has 0 aliphatic carbocycles. The van der Waals surface area contributed by atoms with Crippen LogP contribution >= 0.6 is 0 Å². The fourth-order valence-corrected chi connectivity index (χ4v) is 1.88. The molecule has 25 heavy (non-hydrogen) atoms. The van der Waals surface area contributed by atoms with E-state index in [2.05, 4.69) is 5.16 Å². The normalized spacial score (nSPS) is 11.4. The number of aromatic nitrogens is 1. The second-order valence-corrected chi connectivity index (χ2v) is 4.67. The third kappa shape index (κ3) is 3.17. The summed E-state index contributed by atoms with van der Waals surface area (Å²) >= 11 is 0. The molecule has 1 aromatic heterocycles. The number of carbonyl (C=O) groups excluding carboxylic acids is 1. The Kier molecular flexibility index (Phi) is 4.55. The molecule has 3 N–H and O–H groups in total. The van der Waals surface area contributed by atoms with Crippen molar-refractivity contribution in [1.29, 1.82) is 5.26 Å². The number of likely N-dealkylation sites (N-methyl/N-ethyl adjacent to an activating group) is 1. The van der Waals surface area contributed by atoms with Crippen LogP contribution in [-0.4, -0.2) is 38.4 Å². The van der Waals surface area contributed by atoms with Gasteiger partial charge in [-0.3, -0.25) is 19.8 Å². The van der Waals surface area contributed by atoms with Crippen molar-refractivity contribution in [3.05, 3.63) is 45.6 Å². The largest absolute Gasteiger partial charge is 0.506 e. The molecule has 0 radical (unpaired) electrons. The lowest BCUT2D eigenvalue weighted by molar-refractivity contribution is -0.386. The Morgan fingerprint density at radius 2 is 2.12 bits per heavy atom. The first kappa shape index (κ1) is 17.3. The van der Waals surface area contributed by atoms with Gasteiger partial charge in [0.1, 0.15) is 11.8 Å². The number of hydrogen-bond acceptors (Lipinski definition) is 9. The van der Waals surface area contributed by atoms with Crippen LogP contribution in [0.2, 0.25) is 0 Å². The Morgan fingerprint density at radius 1 is 1.44 bits per heavy atom. The fraction of sp³-hybridized carbons (Fsp3) is 0.0714. The highest BCUT2D eigenvalue weighted by atomic mass is 16.6. The topological polar surface area (TPSA) is 174 Å². The third-order valence-corrected chi connectivity index (χ3v) is 3.16. The summed E-state index contributed by atoms with van der Waals surface area (Å²) in [4.78, 5) is 23.1. The quantitative estimate of drug-likeness (QED) is 0.185. The van der Waals surface area contributed by atoms with Crippen LogP contribution in [0.5, 0.6) is 11.5 Å². The molecule has 0 atom stereocenters. The molecular weight excluding hydrogens is 336 g/mol. The average molecular weight is 346 g/mol. The highest BCUT2D eigenvalue weighted by Crippen LogP contribution is 2.38. The lowest BCUT2D eigenvalue weighted by atomic mass is 10.1.